The summed E-state index contributed by atoms with van der Waals surface area (Å²) >= 11 is 5.99. The average molecular weight is 365 g/mol. The molecule has 0 fully saturated rings. The molecule has 2 heterocycles. The highest BCUT2D eigenvalue weighted by molar-refractivity contribution is 6.30. The second-order valence-electron chi connectivity index (χ2n) is 5.95. The van der Waals surface area contributed by atoms with Gasteiger partial charge in [-0.05, 0) is 55.0 Å². The van der Waals surface area contributed by atoms with E-state index in [0.717, 1.165) is 34.2 Å². The number of hydrogen-bond acceptors (Lipinski definition) is 4. The van der Waals surface area contributed by atoms with Gasteiger partial charge in [0, 0.05) is 23.0 Å². The van der Waals surface area contributed by atoms with Crippen molar-refractivity contribution in [2.75, 3.05) is 5.32 Å². The van der Waals surface area contributed by atoms with E-state index in [1.54, 1.807) is 10.7 Å². The minimum absolute atomic E-state index is 0.477. The molecule has 6 heteroatoms. The van der Waals surface area contributed by atoms with Crippen LogP contribution < -0.4 is 10.1 Å². The lowest BCUT2D eigenvalue weighted by atomic mass is 10.2. The molecule has 0 unspecified atom stereocenters. The third kappa shape index (κ3) is 3.63. The van der Waals surface area contributed by atoms with Crippen molar-refractivity contribution >= 4 is 28.8 Å². The van der Waals surface area contributed by atoms with Crippen LogP contribution in [0.5, 0.6) is 5.75 Å². The number of rotatable bonds is 5. The number of aromatic nitrogens is 3. The first-order valence-electron chi connectivity index (χ1n) is 8.23. The van der Waals surface area contributed by atoms with E-state index in [9.17, 15) is 0 Å². The fraction of sp³-hybridized carbons (Fsp3) is 0.100. The molecule has 0 atom stereocenters. The molecule has 4 aromatic rings. The molecule has 26 heavy (non-hydrogen) atoms. The molecule has 0 spiro atoms. The van der Waals surface area contributed by atoms with Crippen molar-refractivity contribution < 1.29 is 4.74 Å². The first-order chi connectivity index (χ1) is 12.7. The molecule has 0 aliphatic carbocycles. The second kappa shape index (κ2) is 7.06. The van der Waals surface area contributed by atoms with Crippen LogP contribution in [-0.4, -0.2) is 14.6 Å². The molecule has 0 aliphatic rings. The summed E-state index contributed by atoms with van der Waals surface area (Å²) in [5.41, 5.74) is 3.72. The molecule has 0 saturated heterocycles. The molecule has 0 bridgehead atoms. The van der Waals surface area contributed by atoms with Crippen molar-refractivity contribution in [3.05, 3.63) is 83.1 Å². The van der Waals surface area contributed by atoms with Gasteiger partial charge in [-0.25, -0.2) is 4.98 Å². The lowest BCUT2D eigenvalue weighted by Crippen LogP contribution is -2.01. The zero-order chi connectivity index (χ0) is 17.9. The van der Waals surface area contributed by atoms with Crippen LogP contribution >= 0.6 is 11.6 Å². The standard InChI is InChI=1S/C20H17ClN4O/c1-14-11-20-22-10-9-19(25(20)24-14)23-17-5-7-18(8-6-17)26-13-15-3-2-4-16(21)12-15/h2-12,23H,13H2,1H3. The molecule has 2 aromatic heterocycles. The molecule has 5 nitrogen and oxygen atoms in total. The van der Waals surface area contributed by atoms with Crippen LogP contribution in [0.4, 0.5) is 11.5 Å². The molecule has 0 amide bonds. The molecule has 1 N–H and O–H groups in total. The maximum Gasteiger partial charge on any atom is 0.157 e. The average Bonchev–Trinajstić information content (AvgIpc) is 3.03. The van der Waals surface area contributed by atoms with E-state index >= 15 is 0 Å². The molecule has 2 aromatic carbocycles. The van der Waals surface area contributed by atoms with Crippen LogP contribution in [0.2, 0.25) is 5.02 Å². The number of nitrogens with one attached hydrogen (secondary N) is 1. The van der Waals surface area contributed by atoms with E-state index in [1.165, 1.54) is 0 Å². The van der Waals surface area contributed by atoms with E-state index in [4.69, 9.17) is 16.3 Å². The van der Waals surface area contributed by atoms with Gasteiger partial charge >= 0.3 is 0 Å². The highest BCUT2D eigenvalue weighted by atomic mass is 35.5. The lowest BCUT2D eigenvalue weighted by Gasteiger charge is -2.10. The van der Waals surface area contributed by atoms with Gasteiger partial charge in [0.05, 0.1) is 5.69 Å². The summed E-state index contributed by atoms with van der Waals surface area (Å²) < 4.78 is 7.60. The minimum Gasteiger partial charge on any atom is -0.489 e. The number of fused-ring (bicyclic) bond motifs is 1. The van der Waals surface area contributed by atoms with Crippen LogP contribution in [0, 0.1) is 6.92 Å². The summed E-state index contributed by atoms with van der Waals surface area (Å²) in [7, 11) is 0. The Morgan fingerprint density at radius 1 is 1.08 bits per heavy atom. The SMILES string of the molecule is Cc1cc2nccc(Nc3ccc(OCc4cccc(Cl)c4)cc3)n2n1. The summed E-state index contributed by atoms with van der Waals surface area (Å²) in [4.78, 5) is 4.31. The first kappa shape index (κ1) is 16.4. The van der Waals surface area contributed by atoms with E-state index in [0.29, 0.717) is 11.6 Å². The van der Waals surface area contributed by atoms with Gasteiger partial charge in [-0.2, -0.15) is 9.61 Å². The monoisotopic (exact) mass is 364 g/mol. The van der Waals surface area contributed by atoms with Crippen molar-refractivity contribution in [2.45, 2.75) is 13.5 Å². The van der Waals surface area contributed by atoms with Gasteiger partial charge in [0.1, 0.15) is 18.2 Å². The Kier molecular flexibility index (Phi) is 4.46. The Morgan fingerprint density at radius 3 is 2.73 bits per heavy atom. The van der Waals surface area contributed by atoms with E-state index in [2.05, 4.69) is 15.4 Å². The van der Waals surface area contributed by atoms with Crippen LogP contribution in [0.3, 0.4) is 0 Å². The Bertz CT molecular complexity index is 1040. The molecular weight excluding hydrogens is 348 g/mol. The van der Waals surface area contributed by atoms with Gasteiger partial charge in [0.15, 0.2) is 5.65 Å². The van der Waals surface area contributed by atoms with Crippen LogP contribution in [0.25, 0.3) is 5.65 Å². The summed E-state index contributed by atoms with van der Waals surface area (Å²) in [6, 6.07) is 19.3. The van der Waals surface area contributed by atoms with Gasteiger partial charge in [-0.1, -0.05) is 23.7 Å². The molecule has 0 radical (unpaired) electrons. The fourth-order valence-corrected chi connectivity index (χ4v) is 2.89. The summed E-state index contributed by atoms with van der Waals surface area (Å²) in [5, 5.41) is 8.52. The Labute approximate surface area is 156 Å². The van der Waals surface area contributed by atoms with Crippen molar-refractivity contribution in [1.82, 2.24) is 14.6 Å². The quantitative estimate of drug-likeness (QED) is 0.540. The predicted octanol–water partition coefficient (Wildman–Crippen LogP) is 5.01. The highest BCUT2D eigenvalue weighted by Gasteiger charge is 2.05. The zero-order valence-corrected chi connectivity index (χ0v) is 14.9. The predicted molar refractivity (Wildman–Crippen MR) is 103 cm³/mol. The van der Waals surface area contributed by atoms with Crippen LogP contribution in [0.1, 0.15) is 11.3 Å². The summed E-state index contributed by atoms with van der Waals surface area (Å²) in [5.74, 6) is 1.65. The first-order valence-corrected chi connectivity index (χ1v) is 8.61. The molecule has 4 rings (SSSR count). The Balaban J connectivity index is 1.45. The molecule has 130 valence electrons. The number of hydrogen-bond donors (Lipinski definition) is 1. The largest absolute Gasteiger partial charge is 0.489 e. The van der Waals surface area contributed by atoms with Gasteiger partial charge in [0.2, 0.25) is 0 Å². The van der Waals surface area contributed by atoms with Crippen molar-refractivity contribution in [3.63, 3.8) is 0 Å². The second-order valence-corrected chi connectivity index (χ2v) is 6.39. The van der Waals surface area contributed by atoms with Gasteiger partial charge < -0.3 is 10.1 Å². The smallest absolute Gasteiger partial charge is 0.157 e. The Hall–Kier alpha value is -3.05. The zero-order valence-electron chi connectivity index (χ0n) is 14.2. The molecular formula is C20H17ClN4O. The van der Waals surface area contributed by atoms with Crippen LogP contribution in [0.15, 0.2) is 66.9 Å². The molecule has 0 aliphatic heterocycles. The van der Waals surface area contributed by atoms with E-state index in [1.807, 2.05) is 67.6 Å². The van der Waals surface area contributed by atoms with Gasteiger partial charge in [0.25, 0.3) is 0 Å². The Morgan fingerprint density at radius 2 is 1.92 bits per heavy atom. The third-order valence-electron chi connectivity index (χ3n) is 3.90. The van der Waals surface area contributed by atoms with Crippen molar-refractivity contribution in [1.29, 1.82) is 0 Å². The fourth-order valence-electron chi connectivity index (χ4n) is 2.68. The third-order valence-corrected chi connectivity index (χ3v) is 4.14. The number of ether oxygens (including phenoxy) is 1. The number of anilines is 2. The van der Waals surface area contributed by atoms with Crippen LogP contribution in [-0.2, 0) is 6.61 Å². The lowest BCUT2D eigenvalue weighted by molar-refractivity contribution is 0.306. The normalized spacial score (nSPS) is 10.8. The number of aryl methyl sites for hydroxylation is 1. The minimum atomic E-state index is 0.477. The summed E-state index contributed by atoms with van der Waals surface area (Å²) in [6.07, 6.45) is 1.77. The van der Waals surface area contributed by atoms with Crippen molar-refractivity contribution in [3.8, 4) is 5.75 Å². The number of halogens is 1. The van der Waals surface area contributed by atoms with Gasteiger partial charge in [-0.15, -0.1) is 0 Å². The number of benzene rings is 2. The van der Waals surface area contributed by atoms with E-state index in [-0.39, 0.29) is 0 Å². The summed E-state index contributed by atoms with van der Waals surface area (Å²) in [6.45, 7) is 2.43. The van der Waals surface area contributed by atoms with Crippen molar-refractivity contribution in [2.24, 2.45) is 0 Å². The highest BCUT2D eigenvalue weighted by Crippen LogP contribution is 2.21. The molecule has 0 saturated carbocycles. The maximum atomic E-state index is 5.99. The van der Waals surface area contributed by atoms with Gasteiger partial charge in [-0.3, -0.25) is 0 Å². The topological polar surface area (TPSA) is 51.5 Å². The maximum absolute atomic E-state index is 5.99. The number of nitrogens with zero attached hydrogens (tertiary/aromatic N) is 3. The van der Waals surface area contributed by atoms with E-state index < -0.39 is 0 Å².